The molecule has 0 aliphatic heterocycles. The molecular formula is C13H16BrN3O. The highest BCUT2D eigenvalue weighted by Crippen LogP contribution is 2.21. The highest BCUT2D eigenvalue weighted by molar-refractivity contribution is 9.10. The van der Waals surface area contributed by atoms with Crippen molar-refractivity contribution < 1.29 is 4.79 Å². The van der Waals surface area contributed by atoms with Gasteiger partial charge >= 0.3 is 0 Å². The van der Waals surface area contributed by atoms with Gasteiger partial charge in [-0.3, -0.25) is 4.79 Å². The van der Waals surface area contributed by atoms with E-state index in [1.54, 1.807) is 30.0 Å². The van der Waals surface area contributed by atoms with Crippen molar-refractivity contribution in [1.29, 1.82) is 5.26 Å². The van der Waals surface area contributed by atoms with Crippen molar-refractivity contribution in [2.75, 3.05) is 18.8 Å². The molecule has 0 saturated heterocycles. The predicted molar refractivity (Wildman–Crippen MR) is 74.9 cm³/mol. The van der Waals surface area contributed by atoms with Crippen molar-refractivity contribution in [3.05, 3.63) is 28.2 Å². The lowest BCUT2D eigenvalue weighted by molar-refractivity contribution is 0.0752. The van der Waals surface area contributed by atoms with Gasteiger partial charge in [0, 0.05) is 28.8 Å². The Morgan fingerprint density at radius 1 is 1.61 bits per heavy atom. The first-order chi connectivity index (χ1) is 8.49. The number of amides is 1. The maximum atomic E-state index is 12.2. The number of anilines is 1. The molecule has 0 aliphatic rings. The molecule has 5 heteroatoms. The number of nitrogen functional groups attached to an aromatic ring is 1. The third kappa shape index (κ3) is 3.47. The number of nitrogens with two attached hydrogens (primary N) is 1. The number of nitriles is 1. The number of benzene rings is 1. The van der Waals surface area contributed by atoms with Crippen LogP contribution in [0.4, 0.5) is 5.69 Å². The lowest BCUT2D eigenvalue weighted by atomic mass is 10.1. The van der Waals surface area contributed by atoms with Crippen molar-refractivity contribution in [1.82, 2.24) is 4.90 Å². The Labute approximate surface area is 116 Å². The number of nitrogens with zero attached hydrogens (tertiary/aromatic N) is 2. The highest BCUT2D eigenvalue weighted by Gasteiger charge is 2.17. The molecule has 0 aromatic heterocycles. The normalized spacial score (nSPS) is 11.7. The summed E-state index contributed by atoms with van der Waals surface area (Å²) in [5.41, 5.74) is 6.85. The lowest BCUT2D eigenvalue weighted by Gasteiger charge is -2.22. The van der Waals surface area contributed by atoms with Gasteiger partial charge in [0.2, 0.25) is 0 Å². The first-order valence-corrected chi connectivity index (χ1v) is 6.52. The standard InChI is InChI=1S/C13H16BrN3O/c1-3-17(8-9(2)7-15)13(18)10-4-5-12(16)11(14)6-10/h4-6,9H,3,8,16H2,1-2H3. The molecule has 1 atom stereocenters. The monoisotopic (exact) mass is 309 g/mol. The molecule has 1 aromatic carbocycles. The fourth-order valence-electron chi connectivity index (χ4n) is 1.57. The van der Waals surface area contributed by atoms with E-state index >= 15 is 0 Å². The van der Waals surface area contributed by atoms with Gasteiger partial charge < -0.3 is 10.6 Å². The molecule has 0 fully saturated rings. The van der Waals surface area contributed by atoms with Gasteiger partial charge in [0.1, 0.15) is 0 Å². The summed E-state index contributed by atoms with van der Waals surface area (Å²) in [5.74, 6) is -0.258. The van der Waals surface area contributed by atoms with E-state index in [1.807, 2.05) is 6.92 Å². The van der Waals surface area contributed by atoms with Crippen LogP contribution in [0.2, 0.25) is 0 Å². The molecule has 1 rings (SSSR count). The summed E-state index contributed by atoms with van der Waals surface area (Å²) in [6.45, 7) is 4.71. The zero-order valence-electron chi connectivity index (χ0n) is 10.5. The summed E-state index contributed by atoms with van der Waals surface area (Å²) in [5, 5.41) is 8.80. The third-order valence-corrected chi connectivity index (χ3v) is 3.32. The fourth-order valence-corrected chi connectivity index (χ4v) is 1.95. The Morgan fingerprint density at radius 3 is 2.78 bits per heavy atom. The van der Waals surface area contributed by atoms with E-state index < -0.39 is 0 Å². The van der Waals surface area contributed by atoms with Crippen molar-refractivity contribution in [3.63, 3.8) is 0 Å². The predicted octanol–water partition coefficient (Wildman–Crippen LogP) is 2.65. The van der Waals surface area contributed by atoms with E-state index in [0.29, 0.717) is 28.8 Å². The quantitative estimate of drug-likeness (QED) is 0.869. The average Bonchev–Trinajstić information content (AvgIpc) is 2.38. The summed E-state index contributed by atoms with van der Waals surface area (Å²) < 4.78 is 0.706. The lowest BCUT2D eigenvalue weighted by Crippen LogP contribution is -2.34. The van der Waals surface area contributed by atoms with Crippen LogP contribution in [-0.4, -0.2) is 23.9 Å². The van der Waals surface area contributed by atoms with Crippen molar-refractivity contribution in [2.24, 2.45) is 5.92 Å². The second-order valence-electron chi connectivity index (χ2n) is 4.11. The molecule has 0 bridgehead atoms. The van der Waals surface area contributed by atoms with Gasteiger partial charge in [-0.15, -0.1) is 0 Å². The minimum Gasteiger partial charge on any atom is -0.398 e. The van der Waals surface area contributed by atoms with Gasteiger partial charge in [-0.2, -0.15) is 5.26 Å². The molecule has 18 heavy (non-hydrogen) atoms. The molecule has 96 valence electrons. The molecule has 2 N–H and O–H groups in total. The first-order valence-electron chi connectivity index (χ1n) is 5.73. The van der Waals surface area contributed by atoms with Crippen LogP contribution in [0.25, 0.3) is 0 Å². The first kappa shape index (κ1) is 14.5. The van der Waals surface area contributed by atoms with Gasteiger partial charge in [-0.1, -0.05) is 0 Å². The van der Waals surface area contributed by atoms with Crippen molar-refractivity contribution >= 4 is 27.5 Å². The van der Waals surface area contributed by atoms with Gasteiger partial charge in [0.05, 0.1) is 12.0 Å². The Bertz CT molecular complexity index is 482. The van der Waals surface area contributed by atoms with Gasteiger partial charge in [0.25, 0.3) is 5.91 Å². The van der Waals surface area contributed by atoms with Crippen molar-refractivity contribution in [2.45, 2.75) is 13.8 Å². The summed E-state index contributed by atoms with van der Waals surface area (Å²) in [7, 11) is 0. The Hall–Kier alpha value is -1.54. The molecule has 1 unspecified atom stereocenters. The topological polar surface area (TPSA) is 70.1 Å². The highest BCUT2D eigenvalue weighted by atomic mass is 79.9. The van der Waals surface area contributed by atoms with Crippen LogP contribution < -0.4 is 5.73 Å². The van der Waals surface area contributed by atoms with Gasteiger partial charge in [0.15, 0.2) is 0 Å². The summed E-state index contributed by atoms with van der Waals surface area (Å²) >= 11 is 3.30. The van der Waals surface area contributed by atoms with Crippen LogP contribution in [0.15, 0.2) is 22.7 Å². The maximum Gasteiger partial charge on any atom is 0.253 e. The van der Waals surface area contributed by atoms with Crippen LogP contribution in [0.3, 0.4) is 0 Å². The van der Waals surface area contributed by atoms with Crippen LogP contribution in [-0.2, 0) is 0 Å². The van der Waals surface area contributed by atoms with Crippen LogP contribution >= 0.6 is 15.9 Å². The van der Waals surface area contributed by atoms with Crippen LogP contribution in [0.1, 0.15) is 24.2 Å². The number of carbonyl (C=O) groups is 1. The molecule has 1 amide bonds. The zero-order valence-corrected chi connectivity index (χ0v) is 12.1. The minimum atomic E-state index is -0.175. The van der Waals surface area contributed by atoms with Crippen LogP contribution in [0.5, 0.6) is 0 Å². The Morgan fingerprint density at radius 2 is 2.28 bits per heavy atom. The zero-order chi connectivity index (χ0) is 13.7. The molecule has 0 saturated carbocycles. The van der Waals surface area contributed by atoms with E-state index in [1.165, 1.54) is 0 Å². The number of hydrogen-bond donors (Lipinski definition) is 1. The molecule has 0 heterocycles. The molecule has 0 aliphatic carbocycles. The molecule has 1 aromatic rings. The average molecular weight is 310 g/mol. The van der Waals surface area contributed by atoms with Crippen LogP contribution in [0, 0.1) is 17.2 Å². The molecule has 0 spiro atoms. The van der Waals surface area contributed by atoms with Gasteiger partial charge in [-0.05, 0) is 48.0 Å². The number of halogens is 1. The summed E-state index contributed by atoms with van der Waals surface area (Å²) in [4.78, 5) is 13.9. The summed E-state index contributed by atoms with van der Waals surface area (Å²) in [6.07, 6.45) is 0. The summed E-state index contributed by atoms with van der Waals surface area (Å²) in [6, 6.07) is 7.23. The van der Waals surface area contributed by atoms with Gasteiger partial charge in [-0.25, -0.2) is 0 Å². The SMILES string of the molecule is CCN(CC(C)C#N)C(=O)c1ccc(N)c(Br)c1. The Balaban J connectivity index is 2.90. The Kier molecular flexibility index (Phi) is 5.17. The van der Waals surface area contributed by atoms with E-state index in [9.17, 15) is 4.79 Å². The minimum absolute atomic E-state index is 0.0831. The number of hydrogen-bond acceptors (Lipinski definition) is 3. The number of rotatable bonds is 4. The second kappa shape index (κ2) is 6.41. The van der Waals surface area contributed by atoms with E-state index in [0.717, 1.165) is 0 Å². The van der Waals surface area contributed by atoms with E-state index in [4.69, 9.17) is 11.0 Å². The maximum absolute atomic E-state index is 12.2. The smallest absolute Gasteiger partial charge is 0.253 e. The number of carbonyl (C=O) groups excluding carboxylic acids is 1. The van der Waals surface area contributed by atoms with E-state index in [2.05, 4.69) is 22.0 Å². The largest absolute Gasteiger partial charge is 0.398 e. The van der Waals surface area contributed by atoms with E-state index in [-0.39, 0.29) is 11.8 Å². The third-order valence-electron chi connectivity index (χ3n) is 2.63. The molecule has 4 nitrogen and oxygen atoms in total. The van der Waals surface area contributed by atoms with Crippen molar-refractivity contribution in [3.8, 4) is 6.07 Å². The fraction of sp³-hybridized carbons (Fsp3) is 0.385. The molecular weight excluding hydrogens is 294 g/mol. The molecule has 0 radical (unpaired) electrons. The second-order valence-corrected chi connectivity index (χ2v) is 4.96.